The van der Waals surface area contributed by atoms with Gasteiger partial charge in [0.05, 0.1) is 31.2 Å². The summed E-state index contributed by atoms with van der Waals surface area (Å²) >= 11 is 0. The van der Waals surface area contributed by atoms with Crippen LogP contribution in [0.3, 0.4) is 0 Å². The first-order chi connectivity index (χ1) is 10.2. The van der Waals surface area contributed by atoms with Gasteiger partial charge >= 0.3 is 0 Å². The third-order valence-electron chi connectivity index (χ3n) is 2.70. The van der Waals surface area contributed by atoms with Crippen LogP contribution in [-0.2, 0) is 0 Å². The molecule has 0 aliphatic rings. The molecule has 1 heterocycles. The Morgan fingerprint density at radius 3 is 2.95 bits per heavy atom. The largest absolute Gasteiger partial charge is 0.495 e. The summed E-state index contributed by atoms with van der Waals surface area (Å²) in [4.78, 5) is 12.0. The van der Waals surface area contributed by atoms with E-state index in [0.29, 0.717) is 23.4 Å². The Labute approximate surface area is 122 Å². The molecule has 0 bridgehead atoms. The van der Waals surface area contributed by atoms with Crippen LogP contribution in [-0.4, -0.2) is 24.7 Å². The number of aliphatic hydroxyl groups excluding tert-OH is 1. The van der Waals surface area contributed by atoms with Crippen molar-refractivity contribution in [3.63, 3.8) is 0 Å². The molecule has 1 aromatic carbocycles. The molecule has 0 unspecified atom stereocenters. The number of rotatable bonds is 4. The summed E-state index contributed by atoms with van der Waals surface area (Å²) in [5.74, 6) is 5.99. The first kappa shape index (κ1) is 14.7. The molecule has 21 heavy (non-hydrogen) atoms. The zero-order chi connectivity index (χ0) is 15.1. The third-order valence-corrected chi connectivity index (χ3v) is 2.70. The van der Waals surface area contributed by atoms with E-state index in [4.69, 9.17) is 14.3 Å². The van der Waals surface area contributed by atoms with Crippen molar-refractivity contribution in [2.45, 2.75) is 6.42 Å². The van der Waals surface area contributed by atoms with Crippen LogP contribution in [0.25, 0.3) is 0 Å². The number of methoxy groups -OCH3 is 1. The van der Waals surface area contributed by atoms with E-state index in [2.05, 4.69) is 17.2 Å². The first-order valence-corrected chi connectivity index (χ1v) is 6.36. The van der Waals surface area contributed by atoms with Crippen LogP contribution < -0.4 is 10.1 Å². The minimum atomic E-state index is -0.289. The summed E-state index contributed by atoms with van der Waals surface area (Å²) in [6, 6.07) is 6.82. The molecule has 1 aromatic heterocycles. The molecule has 5 nitrogen and oxygen atoms in total. The predicted molar refractivity (Wildman–Crippen MR) is 78.2 cm³/mol. The van der Waals surface area contributed by atoms with Gasteiger partial charge in [0, 0.05) is 12.0 Å². The van der Waals surface area contributed by atoms with Crippen molar-refractivity contribution >= 4 is 11.6 Å². The highest BCUT2D eigenvalue weighted by Crippen LogP contribution is 2.25. The quantitative estimate of drug-likeness (QED) is 0.845. The molecule has 0 saturated heterocycles. The van der Waals surface area contributed by atoms with E-state index in [1.54, 1.807) is 24.3 Å². The summed E-state index contributed by atoms with van der Waals surface area (Å²) in [5.41, 5.74) is 1.68. The highest BCUT2D eigenvalue weighted by molar-refractivity contribution is 6.04. The minimum absolute atomic E-state index is 0.0211. The number of nitrogens with one attached hydrogen (secondary N) is 1. The second-order valence-corrected chi connectivity index (χ2v) is 4.16. The van der Waals surface area contributed by atoms with Crippen molar-refractivity contribution in [3.8, 4) is 17.6 Å². The molecule has 2 rings (SSSR count). The highest BCUT2D eigenvalue weighted by atomic mass is 16.5. The van der Waals surface area contributed by atoms with Crippen LogP contribution in [0.4, 0.5) is 5.69 Å². The number of anilines is 1. The molecule has 0 radical (unpaired) electrons. The van der Waals surface area contributed by atoms with Gasteiger partial charge in [-0.25, -0.2) is 0 Å². The number of hydrogen-bond acceptors (Lipinski definition) is 4. The lowest BCUT2D eigenvalue weighted by Crippen LogP contribution is -2.11. The summed E-state index contributed by atoms with van der Waals surface area (Å²) in [5, 5.41) is 11.5. The Kier molecular flexibility index (Phi) is 5.02. The van der Waals surface area contributed by atoms with Gasteiger partial charge in [0.2, 0.25) is 0 Å². The van der Waals surface area contributed by atoms with E-state index in [1.165, 1.54) is 19.6 Å². The molecule has 0 saturated carbocycles. The average molecular weight is 285 g/mol. The Bertz CT molecular complexity index is 665. The lowest BCUT2D eigenvalue weighted by Gasteiger charge is -2.09. The van der Waals surface area contributed by atoms with E-state index in [0.717, 1.165) is 5.56 Å². The molecule has 0 aliphatic heterocycles. The van der Waals surface area contributed by atoms with Crippen LogP contribution >= 0.6 is 0 Å². The van der Waals surface area contributed by atoms with Crippen LogP contribution in [0.1, 0.15) is 22.3 Å². The van der Waals surface area contributed by atoms with Gasteiger partial charge < -0.3 is 19.6 Å². The third kappa shape index (κ3) is 3.88. The van der Waals surface area contributed by atoms with Gasteiger partial charge in [-0.3, -0.25) is 4.79 Å². The summed E-state index contributed by atoms with van der Waals surface area (Å²) in [7, 11) is 1.53. The van der Waals surface area contributed by atoms with Gasteiger partial charge in [-0.05, 0) is 24.3 Å². The van der Waals surface area contributed by atoms with Crippen molar-refractivity contribution in [2.75, 3.05) is 19.0 Å². The molecule has 0 atom stereocenters. The summed E-state index contributed by atoms with van der Waals surface area (Å²) in [6.45, 7) is 0.0211. The van der Waals surface area contributed by atoms with E-state index < -0.39 is 0 Å². The fourth-order valence-corrected chi connectivity index (χ4v) is 1.69. The van der Waals surface area contributed by atoms with Gasteiger partial charge in [0.25, 0.3) is 5.91 Å². The smallest absolute Gasteiger partial charge is 0.259 e. The maximum absolute atomic E-state index is 12.0. The van der Waals surface area contributed by atoms with E-state index >= 15 is 0 Å². The van der Waals surface area contributed by atoms with Crippen LogP contribution in [0.2, 0.25) is 0 Å². The highest BCUT2D eigenvalue weighted by Gasteiger charge is 2.11. The normalized spacial score (nSPS) is 9.62. The number of ether oxygens (including phenoxy) is 1. The number of aliphatic hydroxyl groups is 1. The predicted octanol–water partition coefficient (Wildman–Crippen LogP) is 2.27. The Hall–Kier alpha value is -2.71. The lowest BCUT2D eigenvalue weighted by atomic mass is 10.1. The fraction of sp³-hybridized carbons (Fsp3) is 0.188. The number of carbonyl (C=O) groups excluding carboxylic acids is 1. The molecule has 108 valence electrons. The summed E-state index contributed by atoms with van der Waals surface area (Å²) < 4.78 is 10.1. The molecule has 1 amide bonds. The fourth-order valence-electron chi connectivity index (χ4n) is 1.69. The maximum Gasteiger partial charge on any atom is 0.259 e. The van der Waals surface area contributed by atoms with Gasteiger partial charge in [-0.1, -0.05) is 11.8 Å². The molecule has 0 spiro atoms. The maximum atomic E-state index is 12.0. The van der Waals surface area contributed by atoms with Crippen molar-refractivity contribution < 1.29 is 19.1 Å². The van der Waals surface area contributed by atoms with Crippen molar-refractivity contribution in [1.29, 1.82) is 0 Å². The number of carbonyl (C=O) groups is 1. The molecule has 0 fully saturated rings. The molecule has 2 aromatic rings. The lowest BCUT2D eigenvalue weighted by molar-refractivity contribution is 0.102. The molecular weight excluding hydrogens is 270 g/mol. The molecule has 0 aliphatic carbocycles. The molecular formula is C16H15NO4. The molecule has 2 N–H and O–H groups in total. The topological polar surface area (TPSA) is 71.7 Å². The standard InChI is InChI=1S/C16H15NO4/c1-20-15-6-5-12(4-2-3-8-18)10-14(15)17-16(19)13-7-9-21-11-13/h5-7,9-11,18H,3,8H2,1H3,(H,17,19). The monoisotopic (exact) mass is 285 g/mol. The second kappa shape index (κ2) is 7.17. The number of amides is 1. The Morgan fingerprint density at radius 2 is 2.29 bits per heavy atom. The van der Waals surface area contributed by atoms with E-state index in [1.807, 2.05) is 0 Å². The number of hydrogen-bond donors (Lipinski definition) is 2. The van der Waals surface area contributed by atoms with Gasteiger partial charge in [-0.15, -0.1) is 0 Å². The van der Waals surface area contributed by atoms with Gasteiger partial charge in [0.1, 0.15) is 12.0 Å². The zero-order valence-corrected chi connectivity index (χ0v) is 11.6. The van der Waals surface area contributed by atoms with Gasteiger partial charge in [-0.2, -0.15) is 0 Å². The van der Waals surface area contributed by atoms with E-state index in [9.17, 15) is 4.79 Å². The zero-order valence-electron chi connectivity index (χ0n) is 11.6. The van der Waals surface area contributed by atoms with Crippen LogP contribution in [0.15, 0.2) is 41.2 Å². The van der Waals surface area contributed by atoms with E-state index in [-0.39, 0.29) is 12.5 Å². The average Bonchev–Trinajstić information content (AvgIpc) is 3.02. The Balaban J connectivity index is 2.22. The second-order valence-electron chi connectivity index (χ2n) is 4.16. The first-order valence-electron chi connectivity index (χ1n) is 6.36. The number of furan rings is 1. The number of benzene rings is 1. The van der Waals surface area contributed by atoms with Crippen LogP contribution in [0, 0.1) is 11.8 Å². The van der Waals surface area contributed by atoms with Crippen molar-refractivity contribution in [1.82, 2.24) is 0 Å². The molecule has 5 heteroatoms. The van der Waals surface area contributed by atoms with Crippen molar-refractivity contribution in [3.05, 3.63) is 47.9 Å². The SMILES string of the molecule is COc1ccc(C#CCCO)cc1NC(=O)c1ccoc1. The summed E-state index contributed by atoms with van der Waals surface area (Å²) in [6.07, 6.45) is 3.21. The van der Waals surface area contributed by atoms with Crippen LogP contribution in [0.5, 0.6) is 5.75 Å². The minimum Gasteiger partial charge on any atom is -0.495 e. The van der Waals surface area contributed by atoms with Crippen molar-refractivity contribution in [2.24, 2.45) is 0 Å². The Morgan fingerprint density at radius 1 is 1.43 bits per heavy atom. The van der Waals surface area contributed by atoms with Gasteiger partial charge in [0.15, 0.2) is 0 Å².